The van der Waals surface area contributed by atoms with E-state index in [1.165, 1.54) is 12.8 Å². The van der Waals surface area contributed by atoms with Crippen molar-refractivity contribution in [3.63, 3.8) is 0 Å². The van der Waals surface area contributed by atoms with Gasteiger partial charge in [-0.15, -0.1) is 0 Å². The third kappa shape index (κ3) is 5.13. The Bertz CT molecular complexity index is 597. The minimum absolute atomic E-state index is 0.0507. The van der Waals surface area contributed by atoms with Crippen LogP contribution in [0.25, 0.3) is 0 Å². The van der Waals surface area contributed by atoms with Crippen molar-refractivity contribution in [3.8, 4) is 5.75 Å². The van der Waals surface area contributed by atoms with Gasteiger partial charge in [-0.2, -0.15) is 0 Å². The summed E-state index contributed by atoms with van der Waals surface area (Å²) in [6, 6.07) is 2.02. The molecular weight excluding hydrogens is 314 g/mol. The van der Waals surface area contributed by atoms with Crippen LogP contribution in [0.5, 0.6) is 5.75 Å². The average molecular weight is 347 g/mol. The molecule has 0 radical (unpaired) electrons. The summed E-state index contributed by atoms with van der Waals surface area (Å²) in [7, 11) is 0. The molecule has 0 saturated heterocycles. The molecule has 1 heterocycles. The Morgan fingerprint density at radius 2 is 2.08 bits per heavy atom. The van der Waals surface area contributed by atoms with Crippen LogP contribution in [-0.4, -0.2) is 23.7 Å². The first-order valence-electron chi connectivity index (χ1n) is 9.73. The zero-order valence-corrected chi connectivity index (χ0v) is 16.2. The number of aromatic hydroxyl groups is 1. The summed E-state index contributed by atoms with van der Waals surface area (Å²) in [5.41, 5.74) is 3.59. The number of nitrogens with one attached hydrogen (secondary N) is 1. The first-order chi connectivity index (χ1) is 12.0. The van der Waals surface area contributed by atoms with E-state index in [4.69, 9.17) is 4.74 Å². The number of hydrogen-bond donors (Lipinski definition) is 2. The van der Waals surface area contributed by atoms with Crippen LogP contribution >= 0.6 is 0 Å². The Morgan fingerprint density at radius 1 is 1.36 bits per heavy atom. The number of benzene rings is 1. The molecule has 1 saturated carbocycles. The predicted molar refractivity (Wildman–Crippen MR) is 102 cm³/mol. The van der Waals surface area contributed by atoms with Crippen molar-refractivity contribution >= 4 is 11.7 Å². The van der Waals surface area contributed by atoms with Crippen LogP contribution in [-0.2, 0) is 22.4 Å². The van der Waals surface area contributed by atoms with Gasteiger partial charge in [-0.1, -0.05) is 33.6 Å². The van der Waals surface area contributed by atoms with Crippen molar-refractivity contribution < 1.29 is 14.6 Å². The number of hydrogen-bond acceptors (Lipinski definition) is 4. The maximum Gasteiger partial charge on any atom is 0.310 e. The number of carbonyl (C=O) groups excluding carboxylic acids is 1. The van der Waals surface area contributed by atoms with E-state index < -0.39 is 0 Å². The summed E-state index contributed by atoms with van der Waals surface area (Å²) in [6.07, 6.45) is 6.56. The van der Waals surface area contributed by atoms with Gasteiger partial charge in [0.25, 0.3) is 0 Å². The van der Waals surface area contributed by atoms with Gasteiger partial charge in [-0.25, -0.2) is 0 Å². The van der Waals surface area contributed by atoms with Crippen molar-refractivity contribution in [1.29, 1.82) is 0 Å². The van der Waals surface area contributed by atoms with E-state index in [2.05, 4.69) is 26.1 Å². The average Bonchev–Trinajstić information content (AvgIpc) is 3.00. The van der Waals surface area contributed by atoms with Crippen molar-refractivity contribution in [2.45, 2.75) is 78.7 Å². The maximum absolute atomic E-state index is 12.2. The van der Waals surface area contributed by atoms with Crippen molar-refractivity contribution in [3.05, 3.63) is 22.8 Å². The number of rotatable bonds is 3. The molecule has 0 aromatic heterocycles. The molecular formula is C21H33NO3. The third-order valence-corrected chi connectivity index (χ3v) is 4.93. The molecule has 2 atom stereocenters. The fourth-order valence-corrected chi connectivity index (χ4v) is 3.70. The number of phenols is 1. The molecule has 0 bridgehead atoms. The van der Waals surface area contributed by atoms with E-state index in [9.17, 15) is 9.90 Å². The first-order valence-corrected chi connectivity index (χ1v) is 9.73. The SMILES string of the molecule is CCC.Cc1cc2c(c(O)c1CC(=O)OC1CCCC(C)C1)CCN2. The zero-order chi connectivity index (χ0) is 18.4. The van der Waals surface area contributed by atoms with E-state index in [1.807, 2.05) is 13.0 Å². The van der Waals surface area contributed by atoms with Gasteiger partial charge in [0, 0.05) is 23.4 Å². The highest BCUT2D eigenvalue weighted by molar-refractivity contribution is 5.76. The lowest BCUT2D eigenvalue weighted by atomic mass is 9.88. The fourth-order valence-electron chi connectivity index (χ4n) is 3.70. The van der Waals surface area contributed by atoms with E-state index in [0.29, 0.717) is 5.92 Å². The Kier molecular flexibility index (Phi) is 7.15. The highest BCUT2D eigenvalue weighted by atomic mass is 16.5. The third-order valence-electron chi connectivity index (χ3n) is 4.93. The molecule has 1 aromatic rings. The molecule has 25 heavy (non-hydrogen) atoms. The van der Waals surface area contributed by atoms with E-state index >= 15 is 0 Å². The van der Waals surface area contributed by atoms with Crippen molar-refractivity contribution in [2.75, 3.05) is 11.9 Å². The van der Waals surface area contributed by atoms with Crippen LogP contribution in [0.15, 0.2) is 6.07 Å². The lowest BCUT2D eigenvalue weighted by molar-refractivity contribution is -0.150. The topological polar surface area (TPSA) is 58.6 Å². The molecule has 4 heteroatoms. The molecule has 2 unspecified atom stereocenters. The van der Waals surface area contributed by atoms with E-state index in [1.54, 1.807) is 0 Å². The van der Waals surface area contributed by atoms with Crippen LogP contribution in [0.4, 0.5) is 5.69 Å². The molecule has 2 N–H and O–H groups in total. The summed E-state index contributed by atoms with van der Waals surface area (Å²) in [4.78, 5) is 12.2. The van der Waals surface area contributed by atoms with Crippen LogP contribution in [0.3, 0.4) is 0 Å². The standard InChI is InChI=1S/C18H25NO3.C3H8/c1-11-4-3-5-13(8-11)22-17(20)10-15-12(2)9-16-14(18(15)21)6-7-19-16;1-3-2/h9,11,13,19,21H,3-8,10H2,1-2H3;3H2,1-2H3. The Hall–Kier alpha value is -1.71. The van der Waals surface area contributed by atoms with Crippen LogP contribution < -0.4 is 5.32 Å². The van der Waals surface area contributed by atoms with E-state index in [-0.39, 0.29) is 24.2 Å². The molecule has 4 nitrogen and oxygen atoms in total. The molecule has 1 aliphatic heterocycles. The Balaban J connectivity index is 0.000000701. The number of anilines is 1. The lowest BCUT2D eigenvalue weighted by Gasteiger charge is -2.26. The summed E-state index contributed by atoms with van der Waals surface area (Å²) in [6.45, 7) is 9.24. The number of fused-ring (bicyclic) bond motifs is 1. The van der Waals surface area contributed by atoms with Gasteiger partial charge in [0.2, 0.25) is 0 Å². The van der Waals surface area contributed by atoms with Gasteiger partial charge in [-0.05, 0) is 50.2 Å². The first kappa shape index (κ1) is 19.6. The zero-order valence-electron chi connectivity index (χ0n) is 16.2. The molecule has 2 aliphatic rings. The Labute approximate surface area is 152 Å². The van der Waals surface area contributed by atoms with Gasteiger partial charge in [0.1, 0.15) is 11.9 Å². The minimum atomic E-state index is -0.219. The number of phenolic OH excluding ortho intramolecular Hbond substituents is 1. The van der Waals surface area contributed by atoms with Gasteiger partial charge < -0.3 is 15.2 Å². The summed E-state index contributed by atoms with van der Waals surface area (Å²) < 4.78 is 5.63. The molecule has 140 valence electrons. The monoisotopic (exact) mass is 347 g/mol. The fraction of sp³-hybridized carbons (Fsp3) is 0.667. The Morgan fingerprint density at radius 3 is 2.76 bits per heavy atom. The second kappa shape index (κ2) is 9.12. The van der Waals surface area contributed by atoms with Gasteiger partial charge >= 0.3 is 5.97 Å². The maximum atomic E-state index is 12.2. The molecule has 0 amide bonds. The number of ether oxygens (including phenoxy) is 1. The van der Waals surface area contributed by atoms with Gasteiger partial charge in [0.15, 0.2) is 0 Å². The molecule has 1 aromatic carbocycles. The second-order valence-corrected chi connectivity index (χ2v) is 7.49. The van der Waals surface area contributed by atoms with Crippen LogP contribution in [0.1, 0.15) is 69.6 Å². The largest absolute Gasteiger partial charge is 0.507 e. The van der Waals surface area contributed by atoms with Crippen molar-refractivity contribution in [2.24, 2.45) is 5.92 Å². The summed E-state index contributed by atoms with van der Waals surface area (Å²) in [5, 5.41) is 13.7. The second-order valence-electron chi connectivity index (χ2n) is 7.49. The number of carbonyl (C=O) groups is 1. The quantitative estimate of drug-likeness (QED) is 0.775. The van der Waals surface area contributed by atoms with Crippen LogP contribution in [0, 0.1) is 12.8 Å². The summed E-state index contributed by atoms with van der Waals surface area (Å²) >= 11 is 0. The van der Waals surface area contributed by atoms with E-state index in [0.717, 1.165) is 54.6 Å². The number of aryl methyl sites for hydroxylation is 1. The molecule has 3 rings (SSSR count). The summed E-state index contributed by atoms with van der Waals surface area (Å²) in [5.74, 6) is 0.685. The van der Waals surface area contributed by atoms with Gasteiger partial charge in [0.05, 0.1) is 6.42 Å². The highest BCUT2D eigenvalue weighted by Crippen LogP contribution is 2.36. The predicted octanol–water partition coefficient (Wildman–Crippen LogP) is 4.75. The molecule has 1 fully saturated rings. The van der Waals surface area contributed by atoms with Crippen LogP contribution in [0.2, 0.25) is 0 Å². The van der Waals surface area contributed by atoms with Gasteiger partial charge in [-0.3, -0.25) is 4.79 Å². The molecule has 1 aliphatic carbocycles. The normalized spacial score (nSPS) is 21.6. The minimum Gasteiger partial charge on any atom is -0.507 e. The number of esters is 1. The highest BCUT2D eigenvalue weighted by Gasteiger charge is 2.25. The smallest absolute Gasteiger partial charge is 0.310 e. The van der Waals surface area contributed by atoms with Crippen molar-refractivity contribution in [1.82, 2.24) is 0 Å². The lowest BCUT2D eigenvalue weighted by Crippen LogP contribution is -2.25. The molecule has 0 spiro atoms.